The zero-order valence-corrected chi connectivity index (χ0v) is 11.8. The molecular formula is C14H12F3N5. The van der Waals surface area contributed by atoms with Gasteiger partial charge in [0.2, 0.25) is 0 Å². The first kappa shape index (κ1) is 14.3. The number of benzene rings is 1. The summed E-state index contributed by atoms with van der Waals surface area (Å²) < 4.78 is 40.7. The maximum absolute atomic E-state index is 13.1. The zero-order valence-electron chi connectivity index (χ0n) is 11.8. The van der Waals surface area contributed by atoms with Crippen molar-refractivity contribution >= 4 is 17.3 Å². The molecule has 0 saturated carbocycles. The summed E-state index contributed by atoms with van der Waals surface area (Å²) in [6, 6.07) is 5.30. The van der Waals surface area contributed by atoms with Gasteiger partial charge in [-0.1, -0.05) is 12.1 Å². The number of rotatable bonds is 2. The van der Waals surface area contributed by atoms with Gasteiger partial charge in [0.15, 0.2) is 0 Å². The molecule has 0 aliphatic rings. The number of para-hydroxylation sites is 1. The number of halogens is 3. The third-order valence-electron chi connectivity index (χ3n) is 3.39. The molecule has 3 aromatic rings. The van der Waals surface area contributed by atoms with Crippen molar-refractivity contribution < 1.29 is 13.2 Å². The first-order chi connectivity index (χ1) is 10.4. The van der Waals surface area contributed by atoms with Crippen LogP contribution in [-0.2, 0) is 6.18 Å². The van der Waals surface area contributed by atoms with Gasteiger partial charge in [-0.05, 0) is 26.0 Å². The highest BCUT2D eigenvalue weighted by molar-refractivity contribution is 5.65. The summed E-state index contributed by atoms with van der Waals surface area (Å²) in [5.74, 6) is 0.742. The lowest BCUT2D eigenvalue weighted by Crippen LogP contribution is -2.11. The van der Waals surface area contributed by atoms with E-state index in [1.807, 2.05) is 0 Å². The van der Waals surface area contributed by atoms with Gasteiger partial charge in [-0.2, -0.15) is 27.8 Å². The lowest BCUT2D eigenvalue weighted by molar-refractivity contribution is -0.136. The van der Waals surface area contributed by atoms with Crippen LogP contribution in [0.5, 0.6) is 0 Å². The molecule has 0 saturated heterocycles. The van der Waals surface area contributed by atoms with E-state index in [2.05, 4.69) is 20.4 Å². The molecule has 2 heterocycles. The van der Waals surface area contributed by atoms with E-state index in [9.17, 15) is 13.2 Å². The third kappa shape index (κ3) is 2.36. The van der Waals surface area contributed by atoms with Crippen LogP contribution in [0.15, 0.2) is 30.6 Å². The van der Waals surface area contributed by atoms with Gasteiger partial charge in [-0.25, -0.2) is 4.98 Å². The Bertz CT molecular complexity index is 838. The van der Waals surface area contributed by atoms with Crippen LogP contribution < -0.4 is 5.32 Å². The van der Waals surface area contributed by atoms with Crippen LogP contribution in [0.1, 0.15) is 16.8 Å². The first-order valence-corrected chi connectivity index (χ1v) is 6.48. The number of anilines is 2. The molecule has 0 spiro atoms. The Hall–Kier alpha value is -2.64. The van der Waals surface area contributed by atoms with Gasteiger partial charge in [0.05, 0.1) is 11.3 Å². The minimum Gasteiger partial charge on any atom is -0.339 e. The molecule has 0 aliphatic carbocycles. The standard InChI is InChI=1S/C14H12F3N5/c1-8-9(2)20-13-18-7-19-22(13)12(8)21-11-6-4-3-5-10(11)14(15,16)17/h3-7,21H,1-2H3. The Kier molecular flexibility index (Phi) is 3.23. The van der Waals surface area contributed by atoms with Gasteiger partial charge >= 0.3 is 6.18 Å². The minimum atomic E-state index is -4.44. The molecule has 0 fully saturated rings. The van der Waals surface area contributed by atoms with Crippen LogP contribution in [0.25, 0.3) is 5.78 Å². The fourth-order valence-corrected chi connectivity index (χ4v) is 2.15. The van der Waals surface area contributed by atoms with Crippen molar-refractivity contribution in [2.45, 2.75) is 20.0 Å². The number of nitrogens with one attached hydrogen (secondary N) is 1. The molecule has 3 rings (SSSR count). The van der Waals surface area contributed by atoms with Crippen molar-refractivity contribution in [2.75, 3.05) is 5.32 Å². The predicted octanol–water partition coefficient (Wildman–Crippen LogP) is 3.50. The largest absolute Gasteiger partial charge is 0.418 e. The van der Waals surface area contributed by atoms with Crippen LogP contribution in [0, 0.1) is 13.8 Å². The zero-order chi connectivity index (χ0) is 15.9. The van der Waals surface area contributed by atoms with E-state index in [-0.39, 0.29) is 5.69 Å². The van der Waals surface area contributed by atoms with Gasteiger partial charge in [0.1, 0.15) is 12.1 Å². The van der Waals surface area contributed by atoms with Crippen molar-refractivity contribution in [3.8, 4) is 0 Å². The average Bonchev–Trinajstić information content (AvgIpc) is 2.91. The van der Waals surface area contributed by atoms with Crippen molar-refractivity contribution in [3.05, 3.63) is 47.4 Å². The summed E-state index contributed by atoms with van der Waals surface area (Å²) >= 11 is 0. The van der Waals surface area contributed by atoms with Gasteiger partial charge < -0.3 is 5.32 Å². The summed E-state index contributed by atoms with van der Waals surface area (Å²) in [5.41, 5.74) is 0.597. The van der Waals surface area contributed by atoms with Gasteiger partial charge in [-0.15, -0.1) is 0 Å². The molecule has 0 atom stereocenters. The quantitative estimate of drug-likeness (QED) is 0.787. The highest BCUT2D eigenvalue weighted by Gasteiger charge is 2.33. The van der Waals surface area contributed by atoms with E-state index in [1.54, 1.807) is 19.9 Å². The molecule has 0 aliphatic heterocycles. The van der Waals surface area contributed by atoms with Crippen LogP contribution in [0.2, 0.25) is 0 Å². The summed E-state index contributed by atoms with van der Waals surface area (Å²) in [5, 5.41) is 6.83. The molecule has 0 unspecified atom stereocenters. The van der Waals surface area contributed by atoms with Gasteiger partial charge in [0.25, 0.3) is 5.78 Å². The van der Waals surface area contributed by atoms with Gasteiger partial charge in [-0.3, -0.25) is 0 Å². The number of aryl methyl sites for hydroxylation is 1. The Morgan fingerprint density at radius 1 is 1.14 bits per heavy atom. The Morgan fingerprint density at radius 3 is 2.59 bits per heavy atom. The number of alkyl halides is 3. The summed E-state index contributed by atoms with van der Waals surface area (Å²) in [6.45, 7) is 3.53. The molecule has 1 aromatic carbocycles. The lowest BCUT2D eigenvalue weighted by atomic mass is 10.1. The molecule has 0 amide bonds. The Morgan fingerprint density at radius 2 is 1.86 bits per heavy atom. The number of nitrogens with zero attached hydrogens (tertiary/aromatic N) is 4. The molecule has 5 nitrogen and oxygen atoms in total. The molecular weight excluding hydrogens is 295 g/mol. The van der Waals surface area contributed by atoms with Crippen molar-refractivity contribution in [1.82, 2.24) is 19.6 Å². The molecule has 0 bridgehead atoms. The number of fused-ring (bicyclic) bond motifs is 1. The molecule has 22 heavy (non-hydrogen) atoms. The van der Waals surface area contributed by atoms with Crippen LogP contribution in [0.4, 0.5) is 24.7 Å². The van der Waals surface area contributed by atoms with Crippen molar-refractivity contribution in [2.24, 2.45) is 0 Å². The Labute approximate surface area is 123 Å². The van der Waals surface area contributed by atoms with Crippen molar-refractivity contribution in [1.29, 1.82) is 0 Å². The second-order valence-corrected chi connectivity index (χ2v) is 4.81. The van der Waals surface area contributed by atoms with Crippen molar-refractivity contribution in [3.63, 3.8) is 0 Å². The van der Waals surface area contributed by atoms with E-state index < -0.39 is 11.7 Å². The van der Waals surface area contributed by atoms with Crippen LogP contribution in [-0.4, -0.2) is 19.6 Å². The first-order valence-electron chi connectivity index (χ1n) is 6.48. The van der Waals surface area contributed by atoms with E-state index in [0.717, 1.165) is 6.07 Å². The van der Waals surface area contributed by atoms with E-state index in [0.29, 0.717) is 22.9 Å². The smallest absolute Gasteiger partial charge is 0.339 e. The molecule has 114 valence electrons. The number of hydrogen-bond donors (Lipinski definition) is 1. The highest BCUT2D eigenvalue weighted by Crippen LogP contribution is 2.36. The molecule has 1 N–H and O–H groups in total. The Balaban J connectivity index is 2.16. The predicted molar refractivity (Wildman–Crippen MR) is 75.0 cm³/mol. The topological polar surface area (TPSA) is 55.1 Å². The molecule has 2 aromatic heterocycles. The molecule has 8 heteroatoms. The number of aromatic nitrogens is 4. The fourth-order valence-electron chi connectivity index (χ4n) is 2.15. The van der Waals surface area contributed by atoms with E-state index >= 15 is 0 Å². The van der Waals surface area contributed by atoms with E-state index in [4.69, 9.17) is 0 Å². The van der Waals surface area contributed by atoms with E-state index in [1.165, 1.54) is 23.0 Å². The summed E-state index contributed by atoms with van der Waals surface area (Å²) in [6.07, 6.45) is -3.14. The average molecular weight is 307 g/mol. The second kappa shape index (κ2) is 4.97. The second-order valence-electron chi connectivity index (χ2n) is 4.81. The van der Waals surface area contributed by atoms with Crippen LogP contribution >= 0.6 is 0 Å². The fraction of sp³-hybridized carbons (Fsp3) is 0.214. The normalized spacial score (nSPS) is 11.9. The van der Waals surface area contributed by atoms with Gasteiger partial charge in [0, 0.05) is 11.3 Å². The monoisotopic (exact) mass is 307 g/mol. The SMILES string of the molecule is Cc1nc2ncnn2c(Nc2ccccc2C(F)(F)F)c1C. The lowest BCUT2D eigenvalue weighted by Gasteiger charge is -2.16. The van der Waals surface area contributed by atoms with Crippen LogP contribution in [0.3, 0.4) is 0 Å². The number of hydrogen-bond acceptors (Lipinski definition) is 4. The summed E-state index contributed by atoms with van der Waals surface area (Å²) in [7, 11) is 0. The minimum absolute atomic E-state index is 0.0412. The maximum atomic E-state index is 13.1. The maximum Gasteiger partial charge on any atom is 0.418 e. The highest BCUT2D eigenvalue weighted by atomic mass is 19.4. The molecule has 0 radical (unpaired) electrons. The summed E-state index contributed by atoms with van der Waals surface area (Å²) in [4.78, 5) is 8.21. The third-order valence-corrected chi connectivity index (χ3v) is 3.39.